The lowest BCUT2D eigenvalue weighted by atomic mass is 9.96. The molecule has 1 N–H and O–H groups in total. The lowest BCUT2D eigenvalue weighted by Crippen LogP contribution is -2.36. The average Bonchev–Trinajstić information content (AvgIpc) is 3.45. The molecule has 0 aliphatic carbocycles. The zero-order valence-corrected chi connectivity index (χ0v) is 22.0. The number of morpholine rings is 1. The first-order valence-corrected chi connectivity index (χ1v) is 13.2. The summed E-state index contributed by atoms with van der Waals surface area (Å²) in [5.41, 5.74) is 8.09. The lowest BCUT2D eigenvalue weighted by Gasteiger charge is -2.29. The van der Waals surface area contributed by atoms with E-state index >= 15 is 0 Å². The topological polar surface area (TPSA) is 45.6 Å². The Hall–Kier alpha value is -3.68. The van der Waals surface area contributed by atoms with Gasteiger partial charge in [0, 0.05) is 47.7 Å². The maximum Gasteiger partial charge on any atom is 0.174 e. The molecular weight excluding hydrogens is 478 g/mol. The fraction of sp³-hybridized carbons (Fsp3) is 0.267. The Bertz CT molecular complexity index is 1380. The van der Waals surface area contributed by atoms with Gasteiger partial charge in [0.05, 0.1) is 31.0 Å². The quantitative estimate of drug-likeness (QED) is 0.358. The normalized spacial score (nSPS) is 19.8. The first kappa shape index (κ1) is 23.7. The molecule has 0 spiro atoms. The molecule has 0 radical (unpaired) electrons. The van der Waals surface area contributed by atoms with Crippen LogP contribution in [-0.2, 0) is 4.74 Å². The van der Waals surface area contributed by atoms with Gasteiger partial charge in [0.2, 0.25) is 0 Å². The molecule has 2 aromatic carbocycles. The number of nitrogens with one attached hydrogen (secondary N) is 1. The molecule has 6 nitrogen and oxygen atoms in total. The highest BCUT2D eigenvalue weighted by atomic mass is 32.1. The number of aryl methyl sites for hydroxylation is 1. The van der Waals surface area contributed by atoms with Gasteiger partial charge in [-0.15, -0.1) is 0 Å². The predicted octanol–water partition coefficient (Wildman–Crippen LogP) is 5.50. The summed E-state index contributed by atoms with van der Waals surface area (Å²) in [6.45, 7) is 7.82. The van der Waals surface area contributed by atoms with Crippen molar-refractivity contribution in [3.63, 3.8) is 0 Å². The molecule has 0 bridgehead atoms. The number of thiocarbonyl (C=S) groups is 1. The summed E-state index contributed by atoms with van der Waals surface area (Å²) in [5, 5.41) is 4.29. The molecule has 2 fully saturated rings. The van der Waals surface area contributed by atoms with E-state index in [9.17, 15) is 0 Å². The van der Waals surface area contributed by atoms with E-state index in [4.69, 9.17) is 21.9 Å². The van der Waals surface area contributed by atoms with Crippen LogP contribution < -0.4 is 15.1 Å². The lowest BCUT2D eigenvalue weighted by molar-refractivity contribution is 0.122. The number of rotatable bonds is 5. The zero-order valence-electron chi connectivity index (χ0n) is 21.2. The second kappa shape index (κ2) is 10.00. The van der Waals surface area contributed by atoms with Gasteiger partial charge < -0.3 is 24.4 Å². The molecule has 6 rings (SSSR count). The number of nitrogens with zero attached hydrogens (tertiary/aromatic N) is 4. The highest BCUT2D eigenvalue weighted by molar-refractivity contribution is 7.80. The third kappa shape index (κ3) is 4.38. The van der Waals surface area contributed by atoms with E-state index in [2.05, 4.69) is 94.2 Å². The van der Waals surface area contributed by atoms with E-state index in [1.165, 1.54) is 22.6 Å². The third-order valence-electron chi connectivity index (χ3n) is 7.41. The van der Waals surface area contributed by atoms with E-state index in [-0.39, 0.29) is 12.1 Å². The van der Waals surface area contributed by atoms with Crippen molar-refractivity contribution in [1.29, 1.82) is 0 Å². The Balaban J connectivity index is 1.41. The summed E-state index contributed by atoms with van der Waals surface area (Å²) in [7, 11) is 0. The van der Waals surface area contributed by atoms with Crippen molar-refractivity contribution in [3.05, 3.63) is 108 Å². The van der Waals surface area contributed by atoms with Gasteiger partial charge >= 0.3 is 0 Å². The summed E-state index contributed by atoms with van der Waals surface area (Å²) in [5.74, 6) is 0. The molecule has 37 heavy (non-hydrogen) atoms. The van der Waals surface area contributed by atoms with Gasteiger partial charge in [-0.3, -0.25) is 4.98 Å². The first-order valence-electron chi connectivity index (χ1n) is 12.8. The second-order valence-electron chi connectivity index (χ2n) is 9.61. The van der Waals surface area contributed by atoms with Crippen LogP contribution in [0.4, 0.5) is 11.4 Å². The summed E-state index contributed by atoms with van der Waals surface area (Å²) in [6, 6.07) is 27.5. The van der Waals surface area contributed by atoms with Gasteiger partial charge in [0.15, 0.2) is 5.11 Å². The number of para-hydroxylation sites is 1. The number of benzene rings is 2. The molecule has 4 aromatic rings. The summed E-state index contributed by atoms with van der Waals surface area (Å²) in [6.07, 6.45) is 1.85. The number of hydrogen-bond donors (Lipinski definition) is 1. The molecule has 2 aromatic heterocycles. The van der Waals surface area contributed by atoms with Gasteiger partial charge in [-0.1, -0.05) is 24.3 Å². The number of anilines is 2. The Labute approximate surface area is 223 Å². The molecule has 2 aliphatic rings. The summed E-state index contributed by atoms with van der Waals surface area (Å²) >= 11 is 5.90. The van der Waals surface area contributed by atoms with E-state index in [1.807, 2.05) is 24.4 Å². The smallest absolute Gasteiger partial charge is 0.174 e. The number of hydrogen-bond acceptors (Lipinski definition) is 4. The van der Waals surface area contributed by atoms with Crippen molar-refractivity contribution in [2.24, 2.45) is 0 Å². The van der Waals surface area contributed by atoms with Crippen LogP contribution in [0.5, 0.6) is 0 Å². The van der Waals surface area contributed by atoms with Crippen LogP contribution >= 0.6 is 12.2 Å². The van der Waals surface area contributed by atoms with Crippen LogP contribution in [-0.4, -0.2) is 41.0 Å². The predicted molar refractivity (Wildman–Crippen MR) is 153 cm³/mol. The van der Waals surface area contributed by atoms with E-state index in [0.717, 1.165) is 43.4 Å². The van der Waals surface area contributed by atoms with Crippen molar-refractivity contribution in [2.75, 3.05) is 36.1 Å². The number of aromatic nitrogens is 2. The Morgan fingerprint density at radius 2 is 1.57 bits per heavy atom. The Morgan fingerprint density at radius 1 is 0.865 bits per heavy atom. The number of ether oxygens (including phenoxy) is 1. The molecule has 0 saturated carbocycles. The van der Waals surface area contributed by atoms with Crippen molar-refractivity contribution < 1.29 is 4.74 Å². The average molecular weight is 510 g/mol. The minimum absolute atomic E-state index is 0.0302. The highest BCUT2D eigenvalue weighted by Crippen LogP contribution is 2.43. The Morgan fingerprint density at radius 3 is 2.27 bits per heavy atom. The molecule has 0 unspecified atom stereocenters. The molecule has 7 heteroatoms. The second-order valence-corrected chi connectivity index (χ2v) is 10.00. The molecule has 188 valence electrons. The number of pyridine rings is 1. The van der Waals surface area contributed by atoms with Crippen LogP contribution in [0.25, 0.3) is 5.69 Å². The van der Waals surface area contributed by atoms with Crippen LogP contribution in [0, 0.1) is 13.8 Å². The third-order valence-corrected chi connectivity index (χ3v) is 7.72. The summed E-state index contributed by atoms with van der Waals surface area (Å²) < 4.78 is 7.86. The standard InChI is InChI=1S/C30H31N5OS/c1-21-20-26(22(2)34(21)25-13-11-23(12-14-25)33-16-18-36-19-17-33)29-28(27-10-6-7-15-31-27)32-30(37)35(29)24-8-4-3-5-9-24/h3-15,20,28-29H,16-19H2,1-2H3,(H,32,37)/t28-,29-/m0/s1. The van der Waals surface area contributed by atoms with Gasteiger partial charge in [-0.05, 0) is 86.2 Å². The summed E-state index contributed by atoms with van der Waals surface area (Å²) in [4.78, 5) is 9.32. The SMILES string of the molecule is Cc1cc([C@H]2[C@H](c3ccccn3)NC(=S)N2c2ccccc2)c(C)n1-c1ccc(N2CCOCC2)cc1. The van der Waals surface area contributed by atoms with Crippen LogP contribution in [0.2, 0.25) is 0 Å². The largest absolute Gasteiger partial charge is 0.378 e. The van der Waals surface area contributed by atoms with Crippen LogP contribution in [0.3, 0.4) is 0 Å². The fourth-order valence-corrected chi connectivity index (χ4v) is 6.00. The van der Waals surface area contributed by atoms with Crippen LogP contribution in [0.1, 0.15) is 34.7 Å². The van der Waals surface area contributed by atoms with Crippen molar-refractivity contribution in [1.82, 2.24) is 14.9 Å². The zero-order chi connectivity index (χ0) is 25.4. The maximum atomic E-state index is 5.90. The van der Waals surface area contributed by atoms with Crippen molar-refractivity contribution >= 4 is 28.7 Å². The fourth-order valence-electron chi connectivity index (χ4n) is 5.66. The van der Waals surface area contributed by atoms with E-state index < -0.39 is 0 Å². The molecule has 2 atom stereocenters. The molecule has 4 heterocycles. The van der Waals surface area contributed by atoms with E-state index in [0.29, 0.717) is 5.11 Å². The monoisotopic (exact) mass is 509 g/mol. The van der Waals surface area contributed by atoms with Gasteiger partial charge in [0.1, 0.15) is 0 Å². The van der Waals surface area contributed by atoms with Crippen molar-refractivity contribution in [2.45, 2.75) is 25.9 Å². The van der Waals surface area contributed by atoms with Crippen LogP contribution in [0.15, 0.2) is 85.1 Å². The first-order chi connectivity index (χ1) is 18.1. The van der Waals surface area contributed by atoms with Gasteiger partial charge in [-0.25, -0.2) is 0 Å². The minimum atomic E-state index is -0.0634. The van der Waals surface area contributed by atoms with Crippen molar-refractivity contribution in [3.8, 4) is 5.69 Å². The molecular formula is C30H31N5OS. The minimum Gasteiger partial charge on any atom is -0.378 e. The molecule has 2 saturated heterocycles. The van der Waals surface area contributed by atoms with Gasteiger partial charge in [0.25, 0.3) is 0 Å². The Kier molecular flexibility index (Phi) is 6.40. The van der Waals surface area contributed by atoms with Gasteiger partial charge in [-0.2, -0.15) is 0 Å². The van der Waals surface area contributed by atoms with E-state index in [1.54, 1.807) is 0 Å². The molecule has 2 aliphatic heterocycles. The molecule has 0 amide bonds. The maximum absolute atomic E-state index is 5.90. The highest BCUT2D eigenvalue weighted by Gasteiger charge is 2.42.